The van der Waals surface area contributed by atoms with E-state index in [0.29, 0.717) is 22.6 Å². The number of anilines is 3. The number of rotatable bonds is 5. The van der Waals surface area contributed by atoms with E-state index < -0.39 is 11.9 Å². The van der Waals surface area contributed by atoms with E-state index in [1.807, 2.05) is 24.3 Å². The van der Waals surface area contributed by atoms with E-state index in [9.17, 15) is 9.59 Å². The molecule has 0 unspecified atom stereocenters. The van der Waals surface area contributed by atoms with E-state index in [4.69, 9.17) is 17.0 Å². The molecule has 0 saturated carbocycles. The second-order valence-electron chi connectivity index (χ2n) is 9.15. The summed E-state index contributed by atoms with van der Waals surface area (Å²) in [5.41, 5.74) is 9.95. The van der Waals surface area contributed by atoms with E-state index in [1.54, 1.807) is 53.4 Å². The van der Waals surface area contributed by atoms with Gasteiger partial charge in [-0.05, 0) is 59.0 Å². The fourth-order valence-corrected chi connectivity index (χ4v) is 3.44. The highest BCUT2D eigenvalue weighted by Crippen LogP contribution is 2.26. The van der Waals surface area contributed by atoms with E-state index in [0.717, 1.165) is 11.1 Å². The van der Waals surface area contributed by atoms with E-state index >= 15 is 0 Å². The van der Waals surface area contributed by atoms with Crippen molar-refractivity contribution in [1.29, 1.82) is 5.41 Å². The Morgan fingerprint density at radius 2 is 1.67 bits per heavy atom. The number of nitrogens with two attached hydrogens (primary N) is 2. The maximum atomic E-state index is 13.3. The van der Waals surface area contributed by atoms with Crippen LogP contribution in [0.15, 0.2) is 83.1 Å². The highest BCUT2D eigenvalue weighted by Gasteiger charge is 2.19. The fourth-order valence-electron chi connectivity index (χ4n) is 3.44. The summed E-state index contributed by atoms with van der Waals surface area (Å²) in [6.45, 7) is 6.64. The molecule has 3 rings (SSSR count). The van der Waals surface area contributed by atoms with Crippen LogP contribution in [0.4, 0.5) is 21.9 Å². The second-order valence-corrected chi connectivity index (χ2v) is 9.15. The Hall–Kier alpha value is -4.73. The van der Waals surface area contributed by atoms with Crippen LogP contribution in [-0.2, 0) is 12.0 Å². The van der Waals surface area contributed by atoms with Gasteiger partial charge in [-0.15, -0.1) is 0 Å². The maximum Gasteiger partial charge on any atom is 0.326 e. The number of hydrogen-bond donors (Lipinski definition) is 5. The monoisotopic (exact) mass is 486 g/mol. The Balaban J connectivity index is 1.84. The molecule has 0 aliphatic heterocycles. The molecule has 0 spiro atoms. The summed E-state index contributed by atoms with van der Waals surface area (Å²) in [7, 11) is 0. The molecule has 0 radical (unpaired) electrons. The zero-order valence-electron chi connectivity index (χ0n) is 20.4. The van der Waals surface area contributed by atoms with Crippen LogP contribution in [0, 0.1) is 5.41 Å². The summed E-state index contributed by atoms with van der Waals surface area (Å²) in [5.74, 6) is 3.91. The first-order valence-electron chi connectivity index (χ1n) is 11.2. The molecule has 3 aromatic rings. The molecule has 0 aromatic heterocycles. The summed E-state index contributed by atoms with van der Waals surface area (Å²) in [6, 6.07) is 21.2. The number of nitrogens with one attached hydrogen (secondary N) is 3. The van der Waals surface area contributed by atoms with Crippen molar-refractivity contribution in [2.24, 2.45) is 16.2 Å². The number of urea groups is 1. The van der Waals surface area contributed by atoms with Crippen molar-refractivity contribution in [2.45, 2.75) is 32.7 Å². The van der Waals surface area contributed by atoms with Crippen LogP contribution in [-0.4, -0.2) is 17.9 Å². The number of nitrogen functional groups attached to an aromatic ring is 1. The third-order valence-corrected chi connectivity index (χ3v) is 5.37. The Bertz CT molecular complexity index is 1260. The summed E-state index contributed by atoms with van der Waals surface area (Å²) in [6.07, 6.45) is 0. The van der Waals surface area contributed by atoms with Crippen molar-refractivity contribution in [3.8, 4) is 0 Å². The smallest absolute Gasteiger partial charge is 0.326 e. The van der Waals surface area contributed by atoms with Gasteiger partial charge in [-0.25, -0.2) is 4.79 Å². The predicted molar refractivity (Wildman–Crippen MR) is 142 cm³/mol. The van der Waals surface area contributed by atoms with Gasteiger partial charge in [0.05, 0.1) is 6.54 Å². The number of nitrogens with zero attached hydrogens (tertiary/aromatic N) is 3. The number of amides is 3. The Morgan fingerprint density at radius 1 is 1.00 bits per heavy atom. The van der Waals surface area contributed by atoms with Crippen molar-refractivity contribution in [3.05, 3.63) is 89.5 Å². The number of benzene rings is 3. The fraction of sp³-hybridized carbons (Fsp3) is 0.192. The Morgan fingerprint density at radius 3 is 2.25 bits per heavy atom. The van der Waals surface area contributed by atoms with E-state index in [2.05, 4.69) is 41.7 Å². The van der Waals surface area contributed by atoms with Gasteiger partial charge >= 0.3 is 6.03 Å². The van der Waals surface area contributed by atoms with Crippen LogP contribution >= 0.6 is 0 Å². The van der Waals surface area contributed by atoms with Gasteiger partial charge < -0.3 is 16.9 Å². The molecule has 0 aliphatic carbocycles. The summed E-state index contributed by atoms with van der Waals surface area (Å²) in [5, 5.41) is 18.9. The SMILES string of the molecule is CC(C)(C)c1ccc(N(Cc2ccc(C(=O)NC(=N)N=NN)cc2)C(=O)Nc2cccc(N)c2)cc1. The minimum Gasteiger partial charge on any atom is -0.399 e. The lowest BCUT2D eigenvalue weighted by molar-refractivity contribution is 0.0976. The molecule has 0 saturated heterocycles. The standard InChI is InChI=1S/C26H30N8O2/c1-26(2,3)19-11-13-22(14-12-19)34(25(36)30-21-6-4-5-20(27)15-21)16-17-7-9-18(10-8-17)23(35)31-24(28)32-33-29/h4-15H,16,27H2,1-3H3,(H,30,36)(H4,28,29,31,32,35). The largest absolute Gasteiger partial charge is 0.399 e. The Labute approximate surface area is 209 Å². The average Bonchev–Trinajstić information content (AvgIpc) is 2.82. The van der Waals surface area contributed by atoms with Gasteiger partial charge in [-0.2, -0.15) is 0 Å². The minimum atomic E-state index is -0.520. The van der Waals surface area contributed by atoms with Crippen LogP contribution in [0.3, 0.4) is 0 Å². The maximum absolute atomic E-state index is 13.3. The number of carbonyl (C=O) groups is 2. The van der Waals surface area contributed by atoms with Crippen molar-refractivity contribution in [3.63, 3.8) is 0 Å². The van der Waals surface area contributed by atoms with Crippen LogP contribution in [0.25, 0.3) is 0 Å². The molecule has 10 nitrogen and oxygen atoms in total. The molecule has 0 fully saturated rings. The number of guanidine groups is 1. The normalized spacial score (nSPS) is 11.2. The molecule has 0 heterocycles. The first kappa shape index (κ1) is 25.9. The van der Waals surface area contributed by atoms with Crippen LogP contribution in [0.5, 0.6) is 0 Å². The van der Waals surface area contributed by atoms with Crippen LogP contribution in [0.2, 0.25) is 0 Å². The molecule has 186 valence electrons. The van der Waals surface area contributed by atoms with Crippen molar-refractivity contribution >= 4 is 35.0 Å². The predicted octanol–water partition coefficient (Wildman–Crippen LogP) is 4.80. The minimum absolute atomic E-state index is 0.0224. The quantitative estimate of drug-likeness (QED) is 0.0875. The molecule has 10 heteroatoms. The van der Waals surface area contributed by atoms with Gasteiger partial charge in [0, 0.05) is 22.6 Å². The summed E-state index contributed by atoms with van der Waals surface area (Å²) < 4.78 is 0. The zero-order chi connectivity index (χ0) is 26.3. The van der Waals surface area contributed by atoms with Gasteiger partial charge in [0.15, 0.2) is 0 Å². The van der Waals surface area contributed by atoms with Gasteiger partial charge in [0.2, 0.25) is 5.96 Å². The van der Waals surface area contributed by atoms with Gasteiger partial charge in [0.25, 0.3) is 5.91 Å². The summed E-state index contributed by atoms with van der Waals surface area (Å²) in [4.78, 5) is 27.2. The second kappa shape index (κ2) is 11.1. The molecule has 3 amide bonds. The van der Waals surface area contributed by atoms with Crippen LogP contribution < -0.4 is 27.1 Å². The van der Waals surface area contributed by atoms with E-state index in [-0.39, 0.29) is 18.0 Å². The molecule has 0 aliphatic rings. The topological polar surface area (TPSA) is 162 Å². The van der Waals surface area contributed by atoms with E-state index in [1.165, 1.54) is 0 Å². The third kappa shape index (κ3) is 6.89. The first-order chi connectivity index (χ1) is 17.1. The molecule has 0 atom stereocenters. The highest BCUT2D eigenvalue weighted by atomic mass is 16.2. The molecular formula is C26H30N8O2. The Kier molecular flexibility index (Phi) is 8.00. The lowest BCUT2D eigenvalue weighted by Gasteiger charge is -2.25. The highest BCUT2D eigenvalue weighted by molar-refractivity contribution is 6.05. The third-order valence-electron chi connectivity index (χ3n) is 5.37. The molecular weight excluding hydrogens is 456 g/mol. The summed E-state index contributed by atoms with van der Waals surface area (Å²) >= 11 is 0. The molecule has 0 bridgehead atoms. The molecule has 36 heavy (non-hydrogen) atoms. The van der Waals surface area contributed by atoms with Crippen molar-refractivity contribution in [2.75, 3.05) is 16.0 Å². The number of carbonyl (C=O) groups excluding carboxylic acids is 2. The lowest BCUT2D eigenvalue weighted by Crippen LogP contribution is -2.34. The zero-order valence-corrected chi connectivity index (χ0v) is 20.4. The van der Waals surface area contributed by atoms with Gasteiger partial charge in [0.1, 0.15) is 0 Å². The average molecular weight is 487 g/mol. The molecule has 3 aromatic carbocycles. The van der Waals surface area contributed by atoms with Crippen molar-refractivity contribution in [1.82, 2.24) is 5.32 Å². The lowest BCUT2D eigenvalue weighted by atomic mass is 9.87. The van der Waals surface area contributed by atoms with Gasteiger partial charge in [-0.3, -0.25) is 20.4 Å². The molecule has 7 N–H and O–H groups in total. The first-order valence-corrected chi connectivity index (χ1v) is 11.2. The van der Waals surface area contributed by atoms with Gasteiger partial charge in [-0.1, -0.05) is 61.4 Å². The number of hydrogen-bond acceptors (Lipinski definition) is 5. The van der Waals surface area contributed by atoms with Crippen LogP contribution in [0.1, 0.15) is 42.3 Å². The van der Waals surface area contributed by atoms with Crippen molar-refractivity contribution < 1.29 is 9.59 Å².